The molecule has 0 saturated carbocycles. The maximum absolute atomic E-state index is 5.43. The molecule has 0 aliphatic carbocycles. The van der Waals surface area contributed by atoms with E-state index in [0.29, 0.717) is 11.7 Å². The van der Waals surface area contributed by atoms with Crippen molar-refractivity contribution in [3.63, 3.8) is 0 Å². The summed E-state index contributed by atoms with van der Waals surface area (Å²) in [5, 5.41) is 3.57. The van der Waals surface area contributed by atoms with Crippen molar-refractivity contribution in [2.45, 2.75) is 19.9 Å². The van der Waals surface area contributed by atoms with Crippen LogP contribution in [0.2, 0.25) is 0 Å². The highest BCUT2D eigenvalue weighted by Gasteiger charge is 2.05. The molecule has 0 radical (unpaired) electrons. The molecule has 5 heteroatoms. The summed E-state index contributed by atoms with van der Waals surface area (Å²) < 4.78 is 4.74. The second-order valence-electron chi connectivity index (χ2n) is 1.97. The van der Waals surface area contributed by atoms with E-state index in [1.54, 1.807) is 13.8 Å². The fourth-order valence-electron chi connectivity index (χ4n) is 0.498. The molecule has 0 amide bonds. The van der Waals surface area contributed by atoms with E-state index in [0.717, 1.165) is 0 Å². The minimum Gasteiger partial charge on any atom is -0.338 e. The molecular formula is C5H10ClN3O. The first kappa shape index (κ1) is 9.39. The van der Waals surface area contributed by atoms with Crippen LogP contribution in [-0.2, 0) is 0 Å². The van der Waals surface area contributed by atoms with Gasteiger partial charge in [0.15, 0.2) is 5.82 Å². The van der Waals surface area contributed by atoms with Gasteiger partial charge in [-0.25, -0.2) is 0 Å². The summed E-state index contributed by atoms with van der Waals surface area (Å²) in [4.78, 5) is 3.91. The largest absolute Gasteiger partial charge is 0.338 e. The Kier molecular flexibility index (Phi) is 3.32. The van der Waals surface area contributed by atoms with Gasteiger partial charge in [-0.3, -0.25) is 0 Å². The topological polar surface area (TPSA) is 64.9 Å². The third-order valence-corrected chi connectivity index (χ3v) is 0.933. The number of halogens is 1. The van der Waals surface area contributed by atoms with Crippen molar-refractivity contribution in [2.24, 2.45) is 5.73 Å². The summed E-state index contributed by atoms with van der Waals surface area (Å²) in [5.41, 5.74) is 5.43. The summed E-state index contributed by atoms with van der Waals surface area (Å²) in [6.45, 7) is 3.56. The number of nitrogens with zero attached hydrogens (tertiary/aromatic N) is 2. The smallest absolute Gasteiger partial charge is 0.243 e. The molecule has 1 aromatic heterocycles. The molecule has 0 aromatic carbocycles. The van der Waals surface area contributed by atoms with E-state index in [2.05, 4.69) is 10.1 Å². The Labute approximate surface area is 65.2 Å². The monoisotopic (exact) mass is 163 g/mol. The van der Waals surface area contributed by atoms with Crippen LogP contribution in [0.1, 0.15) is 24.7 Å². The average molecular weight is 164 g/mol. The Morgan fingerprint density at radius 3 is 2.40 bits per heavy atom. The van der Waals surface area contributed by atoms with Gasteiger partial charge in [0.05, 0.1) is 6.04 Å². The minimum atomic E-state index is -0.161. The summed E-state index contributed by atoms with van der Waals surface area (Å²) in [6.07, 6.45) is 0. The molecule has 0 fully saturated rings. The first-order valence-electron chi connectivity index (χ1n) is 2.76. The van der Waals surface area contributed by atoms with Crippen molar-refractivity contribution in [2.75, 3.05) is 0 Å². The number of hydrogen-bond donors (Lipinski definition) is 1. The van der Waals surface area contributed by atoms with Gasteiger partial charge >= 0.3 is 0 Å². The van der Waals surface area contributed by atoms with Crippen LogP contribution in [0.3, 0.4) is 0 Å². The van der Waals surface area contributed by atoms with Gasteiger partial charge in [-0.05, 0) is 13.8 Å². The van der Waals surface area contributed by atoms with Crippen molar-refractivity contribution in [1.29, 1.82) is 0 Å². The van der Waals surface area contributed by atoms with Crippen LogP contribution < -0.4 is 5.73 Å². The lowest BCUT2D eigenvalue weighted by Crippen LogP contribution is -2.04. The fourth-order valence-corrected chi connectivity index (χ4v) is 0.498. The van der Waals surface area contributed by atoms with E-state index in [1.165, 1.54) is 0 Å². The van der Waals surface area contributed by atoms with Crippen molar-refractivity contribution in [3.8, 4) is 0 Å². The zero-order chi connectivity index (χ0) is 6.85. The van der Waals surface area contributed by atoms with Gasteiger partial charge in [-0.2, -0.15) is 4.98 Å². The standard InChI is InChI=1S/C5H9N3O.ClH/c1-3(6)5-7-4(2)8-9-5;/h3H,6H2,1-2H3;1H/t3-;/m1./s1. The molecule has 0 saturated heterocycles. The van der Waals surface area contributed by atoms with Crippen LogP contribution in [0.25, 0.3) is 0 Å². The van der Waals surface area contributed by atoms with E-state index in [-0.39, 0.29) is 18.4 Å². The third-order valence-electron chi connectivity index (χ3n) is 0.933. The highest BCUT2D eigenvalue weighted by molar-refractivity contribution is 5.85. The molecule has 0 bridgehead atoms. The molecule has 0 aliphatic heterocycles. The molecule has 10 heavy (non-hydrogen) atoms. The number of aryl methyl sites for hydroxylation is 1. The molecule has 58 valence electrons. The molecule has 0 aliphatic rings. The van der Waals surface area contributed by atoms with Crippen molar-refractivity contribution in [3.05, 3.63) is 11.7 Å². The normalized spacial score (nSPS) is 12.3. The van der Waals surface area contributed by atoms with Gasteiger partial charge in [0.25, 0.3) is 0 Å². The molecule has 2 N–H and O–H groups in total. The van der Waals surface area contributed by atoms with Crippen LogP contribution in [0, 0.1) is 6.92 Å². The molecule has 0 unspecified atom stereocenters. The van der Waals surface area contributed by atoms with Crippen molar-refractivity contribution in [1.82, 2.24) is 10.1 Å². The Morgan fingerprint density at radius 1 is 1.60 bits per heavy atom. The van der Waals surface area contributed by atoms with E-state index in [9.17, 15) is 0 Å². The fraction of sp³-hybridized carbons (Fsp3) is 0.600. The van der Waals surface area contributed by atoms with E-state index < -0.39 is 0 Å². The second-order valence-corrected chi connectivity index (χ2v) is 1.97. The predicted molar refractivity (Wildman–Crippen MR) is 38.9 cm³/mol. The lowest BCUT2D eigenvalue weighted by atomic mass is 10.4. The highest BCUT2D eigenvalue weighted by atomic mass is 35.5. The molecule has 0 spiro atoms. The molecule has 1 heterocycles. The summed E-state index contributed by atoms with van der Waals surface area (Å²) >= 11 is 0. The second kappa shape index (κ2) is 3.53. The minimum absolute atomic E-state index is 0. The number of hydrogen-bond acceptors (Lipinski definition) is 4. The first-order valence-corrected chi connectivity index (χ1v) is 2.76. The summed E-state index contributed by atoms with van der Waals surface area (Å²) in [7, 11) is 0. The highest BCUT2D eigenvalue weighted by Crippen LogP contribution is 2.03. The van der Waals surface area contributed by atoms with Crippen LogP contribution in [0.15, 0.2) is 4.52 Å². The van der Waals surface area contributed by atoms with Crippen LogP contribution >= 0.6 is 12.4 Å². The number of aromatic nitrogens is 2. The van der Waals surface area contributed by atoms with Gasteiger partial charge in [0.2, 0.25) is 5.89 Å². The van der Waals surface area contributed by atoms with Gasteiger partial charge < -0.3 is 10.3 Å². The van der Waals surface area contributed by atoms with Crippen LogP contribution in [0.5, 0.6) is 0 Å². The Balaban J connectivity index is 0.000000810. The quantitative estimate of drug-likeness (QED) is 0.666. The lowest BCUT2D eigenvalue weighted by Gasteiger charge is -1.91. The van der Waals surface area contributed by atoms with E-state index >= 15 is 0 Å². The van der Waals surface area contributed by atoms with Crippen LogP contribution in [-0.4, -0.2) is 10.1 Å². The molecule has 1 aromatic rings. The van der Waals surface area contributed by atoms with Gasteiger partial charge in [-0.1, -0.05) is 5.16 Å². The lowest BCUT2D eigenvalue weighted by molar-refractivity contribution is 0.358. The summed E-state index contributed by atoms with van der Waals surface area (Å²) in [6, 6.07) is -0.161. The Hall–Kier alpha value is -0.610. The van der Waals surface area contributed by atoms with Crippen molar-refractivity contribution < 1.29 is 4.52 Å². The van der Waals surface area contributed by atoms with Gasteiger partial charge in [0.1, 0.15) is 0 Å². The maximum Gasteiger partial charge on any atom is 0.243 e. The zero-order valence-corrected chi connectivity index (χ0v) is 6.68. The number of rotatable bonds is 1. The average Bonchev–Trinajstić information content (AvgIpc) is 2.14. The SMILES string of the molecule is Cc1noc([C@@H](C)N)n1.Cl. The molecule has 1 atom stereocenters. The third kappa shape index (κ3) is 1.97. The maximum atomic E-state index is 5.43. The zero-order valence-electron chi connectivity index (χ0n) is 5.87. The van der Waals surface area contributed by atoms with Crippen LogP contribution in [0.4, 0.5) is 0 Å². The van der Waals surface area contributed by atoms with E-state index in [4.69, 9.17) is 10.3 Å². The molecule has 1 rings (SSSR count). The molecule has 4 nitrogen and oxygen atoms in total. The van der Waals surface area contributed by atoms with Gasteiger partial charge in [0, 0.05) is 0 Å². The Bertz CT molecular complexity index is 199. The summed E-state index contributed by atoms with van der Waals surface area (Å²) in [5.74, 6) is 1.12. The Morgan fingerprint density at radius 2 is 2.20 bits per heavy atom. The van der Waals surface area contributed by atoms with Crippen molar-refractivity contribution >= 4 is 12.4 Å². The molecular weight excluding hydrogens is 154 g/mol. The number of nitrogens with two attached hydrogens (primary N) is 1. The first-order chi connectivity index (χ1) is 4.20. The van der Waals surface area contributed by atoms with Gasteiger partial charge in [-0.15, -0.1) is 12.4 Å². The van der Waals surface area contributed by atoms with E-state index in [1.807, 2.05) is 0 Å². The predicted octanol–water partition coefficient (Wildman–Crippen LogP) is 0.820.